The normalized spacial score (nSPS) is 10.9. The Kier molecular flexibility index (Phi) is 8.45. The maximum atomic E-state index is 12.4. The van der Waals surface area contributed by atoms with E-state index in [0.29, 0.717) is 17.8 Å². The summed E-state index contributed by atoms with van der Waals surface area (Å²) in [6.07, 6.45) is 3.68. The van der Waals surface area contributed by atoms with Gasteiger partial charge in [0.15, 0.2) is 0 Å². The van der Waals surface area contributed by atoms with Gasteiger partial charge in [-0.3, -0.25) is 4.79 Å². The van der Waals surface area contributed by atoms with Crippen LogP contribution in [0.15, 0.2) is 58.8 Å². The second-order valence-corrected chi connectivity index (χ2v) is 6.52. The van der Waals surface area contributed by atoms with Gasteiger partial charge in [0.05, 0.1) is 16.9 Å². The monoisotopic (exact) mass is 368 g/mol. The lowest BCUT2D eigenvalue weighted by Crippen LogP contribution is -2.24. The van der Waals surface area contributed by atoms with E-state index in [2.05, 4.69) is 15.5 Å². The van der Waals surface area contributed by atoms with Crippen LogP contribution in [-0.2, 0) is 0 Å². The SMILES string of the molecule is CN(C)c1ccc(/N=N/c2ccccc2C(=O)NCCCCCCO)cc1. The summed E-state index contributed by atoms with van der Waals surface area (Å²) in [6, 6.07) is 14.9. The van der Waals surface area contributed by atoms with E-state index in [-0.39, 0.29) is 12.5 Å². The zero-order valence-corrected chi connectivity index (χ0v) is 16.1. The average Bonchev–Trinajstić information content (AvgIpc) is 2.69. The molecule has 0 aliphatic carbocycles. The smallest absolute Gasteiger partial charge is 0.253 e. The van der Waals surface area contributed by atoms with Crippen LogP contribution in [0.4, 0.5) is 17.1 Å². The number of benzene rings is 2. The third-order valence-corrected chi connectivity index (χ3v) is 4.16. The lowest BCUT2D eigenvalue weighted by atomic mass is 10.1. The number of unbranched alkanes of at least 4 members (excludes halogenated alkanes) is 3. The van der Waals surface area contributed by atoms with Crippen LogP contribution >= 0.6 is 0 Å². The van der Waals surface area contributed by atoms with E-state index in [0.717, 1.165) is 37.1 Å². The summed E-state index contributed by atoms with van der Waals surface area (Å²) in [7, 11) is 3.97. The highest BCUT2D eigenvalue weighted by molar-refractivity contribution is 5.98. The minimum Gasteiger partial charge on any atom is -0.396 e. The van der Waals surface area contributed by atoms with Gasteiger partial charge in [0.1, 0.15) is 0 Å². The predicted octanol–water partition coefficient (Wildman–Crippen LogP) is 4.45. The van der Waals surface area contributed by atoms with Gasteiger partial charge in [0, 0.05) is 32.9 Å². The molecular formula is C21H28N4O2. The van der Waals surface area contributed by atoms with E-state index in [1.54, 1.807) is 12.1 Å². The zero-order valence-electron chi connectivity index (χ0n) is 16.1. The van der Waals surface area contributed by atoms with Gasteiger partial charge in [-0.25, -0.2) is 0 Å². The fourth-order valence-corrected chi connectivity index (χ4v) is 2.57. The number of aliphatic hydroxyl groups is 1. The summed E-state index contributed by atoms with van der Waals surface area (Å²) >= 11 is 0. The molecule has 27 heavy (non-hydrogen) atoms. The molecule has 0 aliphatic heterocycles. The van der Waals surface area contributed by atoms with Crippen molar-refractivity contribution in [2.24, 2.45) is 10.2 Å². The van der Waals surface area contributed by atoms with Crippen LogP contribution in [0.2, 0.25) is 0 Å². The van der Waals surface area contributed by atoms with Crippen molar-refractivity contribution in [2.45, 2.75) is 25.7 Å². The van der Waals surface area contributed by atoms with Crippen molar-refractivity contribution in [3.63, 3.8) is 0 Å². The Hall–Kier alpha value is -2.73. The highest BCUT2D eigenvalue weighted by Crippen LogP contribution is 2.23. The number of azo groups is 1. The number of nitrogens with zero attached hydrogens (tertiary/aromatic N) is 3. The third-order valence-electron chi connectivity index (χ3n) is 4.16. The molecule has 0 unspecified atom stereocenters. The molecule has 2 N–H and O–H groups in total. The second-order valence-electron chi connectivity index (χ2n) is 6.52. The molecule has 0 bridgehead atoms. The summed E-state index contributed by atoms with van der Waals surface area (Å²) in [5.41, 5.74) is 2.89. The van der Waals surface area contributed by atoms with Gasteiger partial charge in [0.2, 0.25) is 0 Å². The first-order chi connectivity index (χ1) is 13.1. The van der Waals surface area contributed by atoms with Gasteiger partial charge in [-0.15, -0.1) is 5.11 Å². The van der Waals surface area contributed by atoms with E-state index in [9.17, 15) is 4.79 Å². The first kappa shape index (κ1) is 20.6. The molecule has 2 aromatic rings. The number of hydrogen-bond donors (Lipinski definition) is 2. The van der Waals surface area contributed by atoms with E-state index in [1.807, 2.05) is 55.4 Å². The molecule has 0 aliphatic rings. The molecule has 144 valence electrons. The fraction of sp³-hybridized carbons (Fsp3) is 0.381. The number of carbonyl (C=O) groups is 1. The van der Waals surface area contributed by atoms with Gasteiger partial charge in [0.25, 0.3) is 5.91 Å². The van der Waals surface area contributed by atoms with Crippen LogP contribution < -0.4 is 10.2 Å². The van der Waals surface area contributed by atoms with Crippen LogP contribution in [-0.4, -0.2) is 38.3 Å². The molecule has 0 spiro atoms. The molecule has 2 rings (SSSR count). The number of anilines is 1. The molecule has 2 aromatic carbocycles. The second kappa shape index (κ2) is 11.1. The van der Waals surface area contributed by atoms with E-state index < -0.39 is 0 Å². The molecule has 0 saturated heterocycles. The van der Waals surface area contributed by atoms with E-state index in [4.69, 9.17) is 5.11 Å². The highest BCUT2D eigenvalue weighted by Gasteiger charge is 2.10. The Morgan fingerprint density at radius 1 is 0.963 bits per heavy atom. The third kappa shape index (κ3) is 6.83. The van der Waals surface area contributed by atoms with Gasteiger partial charge in [-0.2, -0.15) is 5.11 Å². The number of rotatable bonds is 10. The molecule has 1 amide bonds. The summed E-state index contributed by atoms with van der Waals surface area (Å²) < 4.78 is 0. The van der Waals surface area contributed by atoms with Crippen molar-refractivity contribution >= 4 is 23.0 Å². The minimum absolute atomic E-state index is 0.144. The molecule has 0 radical (unpaired) electrons. The van der Waals surface area contributed by atoms with Gasteiger partial charge in [-0.05, 0) is 49.2 Å². The lowest BCUT2D eigenvalue weighted by molar-refractivity contribution is 0.0953. The molecular weight excluding hydrogens is 340 g/mol. The summed E-state index contributed by atoms with van der Waals surface area (Å²) in [5.74, 6) is -0.144. The van der Waals surface area contributed by atoms with Crippen molar-refractivity contribution in [3.8, 4) is 0 Å². The Balaban J connectivity index is 1.97. The van der Waals surface area contributed by atoms with Crippen LogP contribution in [0, 0.1) is 0 Å². The van der Waals surface area contributed by atoms with Crippen molar-refractivity contribution in [1.29, 1.82) is 0 Å². The summed E-state index contributed by atoms with van der Waals surface area (Å²) in [5, 5.41) is 20.2. The van der Waals surface area contributed by atoms with Gasteiger partial charge >= 0.3 is 0 Å². The van der Waals surface area contributed by atoms with E-state index >= 15 is 0 Å². The standard InChI is InChI=1S/C21H28N4O2/c1-25(2)18-13-11-17(12-14-18)23-24-20-10-6-5-9-19(20)21(27)22-15-7-3-4-8-16-26/h5-6,9-14,26H,3-4,7-8,15-16H2,1-2H3,(H,22,27)/b24-23+. The summed E-state index contributed by atoms with van der Waals surface area (Å²) in [6.45, 7) is 0.838. The van der Waals surface area contributed by atoms with Crippen LogP contribution in [0.5, 0.6) is 0 Å². The Labute approximate surface area is 160 Å². The largest absolute Gasteiger partial charge is 0.396 e. The average molecular weight is 368 g/mol. The minimum atomic E-state index is -0.144. The van der Waals surface area contributed by atoms with Crippen molar-refractivity contribution < 1.29 is 9.90 Å². The van der Waals surface area contributed by atoms with Crippen molar-refractivity contribution in [1.82, 2.24) is 5.32 Å². The first-order valence-electron chi connectivity index (χ1n) is 9.29. The molecule has 6 heteroatoms. The van der Waals surface area contributed by atoms with Crippen molar-refractivity contribution in [2.75, 3.05) is 32.1 Å². The molecule has 0 heterocycles. The maximum absolute atomic E-state index is 12.4. The quantitative estimate of drug-likeness (QED) is 0.480. The Morgan fingerprint density at radius 3 is 2.37 bits per heavy atom. The number of carbonyl (C=O) groups excluding carboxylic acids is 1. The number of aliphatic hydroxyl groups excluding tert-OH is 1. The number of amides is 1. The first-order valence-corrected chi connectivity index (χ1v) is 9.29. The van der Waals surface area contributed by atoms with E-state index in [1.165, 1.54) is 0 Å². The van der Waals surface area contributed by atoms with Gasteiger partial charge in [-0.1, -0.05) is 25.0 Å². The molecule has 6 nitrogen and oxygen atoms in total. The topological polar surface area (TPSA) is 77.3 Å². The lowest BCUT2D eigenvalue weighted by Gasteiger charge is -2.11. The van der Waals surface area contributed by atoms with Crippen molar-refractivity contribution in [3.05, 3.63) is 54.1 Å². The fourth-order valence-electron chi connectivity index (χ4n) is 2.57. The zero-order chi connectivity index (χ0) is 19.5. The molecule has 0 saturated carbocycles. The number of hydrogen-bond acceptors (Lipinski definition) is 5. The molecule has 0 atom stereocenters. The molecule has 0 aromatic heterocycles. The predicted molar refractivity (Wildman–Crippen MR) is 109 cm³/mol. The Morgan fingerprint density at radius 2 is 1.67 bits per heavy atom. The van der Waals surface area contributed by atoms with Crippen LogP contribution in [0.3, 0.4) is 0 Å². The number of nitrogens with one attached hydrogen (secondary N) is 1. The van der Waals surface area contributed by atoms with Crippen LogP contribution in [0.1, 0.15) is 36.0 Å². The van der Waals surface area contributed by atoms with Crippen LogP contribution in [0.25, 0.3) is 0 Å². The Bertz CT molecular complexity index is 742. The highest BCUT2D eigenvalue weighted by atomic mass is 16.2. The summed E-state index contributed by atoms with van der Waals surface area (Å²) in [4.78, 5) is 14.4. The maximum Gasteiger partial charge on any atom is 0.253 e. The van der Waals surface area contributed by atoms with Gasteiger partial charge < -0.3 is 15.3 Å². The molecule has 0 fully saturated rings.